The molecule has 0 saturated carbocycles. The number of carbonyl (C=O) groups is 1. The summed E-state index contributed by atoms with van der Waals surface area (Å²) in [5, 5.41) is 11.5. The normalized spacial score (nSPS) is 17.9. The second-order valence-electron chi connectivity index (χ2n) is 3.79. The van der Waals surface area contributed by atoms with Gasteiger partial charge in [-0.1, -0.05) is 12.1 Å². The van der Waals surface area contributed by atoms with Crippen molar-refractivity contribution in [3.05, 3.63) is 39.9 Å². The average Bonchev–Trinajstić information content (AvgIpc) is 2.88. The second-order valence-corrected chi connectivity index (χ2v) is 4.80. The van der Waals surface area contributed by atoms with Gasteiger partial charge in [0.2, 0.25) is 0 Å². The van der Waals surface area contributed by atoms with Crippen LogP contribution in [-0.4, -0.2) is 34.3 Å². The number of thioether (sulfide) groups is 1. The molecule has 100 valence electrons. The van der Waals surface area contributed by atoms with Crippen LogP contribution in [0.3, 0.4) is 0 Å². The van der Waals surface area contributed by atoms with E-state index in [0.29, 0.717) is 23.0 Å². The molecule has 2 rings (SSSR count). The van der Waals surface area contributed by atoms with E-state index in [1.165, 1.54) is 17.8 Å². The zero-order valence-corrected chi connectivity index (χ0v) is 11.1. The van der Waals surface area contributed by atoms with E-state index < -0.39 is 11.0 Å². The highest BCUT2D eigenvalue weighted by molar-refractivity contribution is 8.14. The summed E-state index contributed by atoms with van der Waals surface area (Å²) in [6.45, 7) is 2.03. The molecule has 0 saturated heterocycles. The quantitative estimate of drug-likeness (QED) is 0.479. The van der Waals surface area contributed by atoms with Gasteiger partial charge in [0.1, 0.15) is 5.04 Å². The van der Waals surface area contributed by atoms with Gasteiger partial charge in [-0.3, -0.25) is 15.1 Å². The molecule has 1 aliphatic heterocycles. The molecule has 0 unspecified atom stereocenters. The number of aliphatic imine (C=N–C) groups is 1. The van der Waals surface area contributed by atoms with Crippen molar-refractivity contribution in [3.8, 4) is 0 Å². The molecule has 19 heavy (non-hydrogen) atoms. The number of hydrogen-bond donors (Lipinski definition) is 0. The van der Waals surface area contributed by atoms with E-state index in [9.17, 15) is 14.9 Å². The minimum absolute atomic E-state index is 0.00161. The van der Waals surface area contributed by atoms with Gasteiger partial charge in [0.25, 0.3) is 5.69 Å². The Labute approximate surface area is 114 Å². The van der Waals surface area contributed by atoms with Gasteiger partial charge < -0.3 is 4.74 Å². The first-order valence-electron chi connectivity index (χ1n) is 5.74. The first-order valence-corrected chi connectivity index (χ1v) is 6.73. The molecular weight excluding hydrogens is 268 g/mol. The lowest BCUT2D eigenvalue weighted by atomic mass is 10.2. The fourth-order valence-corrected chi connectivity index (χ4v) is 2.75. The van der Waals surface area contributed by atoms with E-state index in [0.717, 1.165) is 0 Å². The van der Waals surface area contributed by atoms with Crippen molar-refractivity contribution in [2.45, 2.75) is 13.0 Å². The Hall–Kier alpha value is -1.89. The Balaban J connectivity index is 2.27. The number of nitro benzene ring substituents is 1. The van der Waals surface area contributed by atoms with Crippen molar-refractivity contribution < 1.29 is 14.5 Å². The van der Waals surface area contributed by atoms with Crippen LogP contribution in [0.2, 0.25) is 0 Å². The van der Waals surface area contributed by atoms with Gasteiger partial charge in [0, 0.05) is 11.8 Å². The number of ether oxygens (including phenoxy) is 1. The summed E-state index contributed by atoms with van der Waals surface area (Å²) < 4.78 is 4.89. The van der Waals surface area contributed by atoms with Crippen LogP contribution in [0.15, 0.2) is 29.3 Å². The number of para-hydroxylation sites is 1. The van der Waals surface area contributed by atoms with Gasteiger partial charge in [-0.2, -0.15) is 0 Å². The Morgan fingerprint density at radius 2 is 2.32 bits per heavy atom. The summed E-state index contributed by atoms with van der Waals surface area (Å²) in [6.07, 6.45) is 0. The molecule has 6 nitrogen and oxygen atoms in total. The largest absolute Gasteiger partial charge is 0.464 e. The Morgan fingerprint density at radius 1 is 1.58 bits per heavy atom. The fourth-order valence-electron chi connectivity index (χ4n) is 1.69. The van der Waals surface area contributed by atoms with E-state index in [2.05, 4.69) is 4.99 Å². The van der Waals surface area contributed by atoms with Crippen LogP contribution in [0.4, 0.5) is 5.69 Å². The molecule has 0 spiro atoms. The molecule has 1 aliphatic rings. The van der Waals surface area contributed by atoms with E-state index in [4.69, 9.17) is 4.74 Å². The van der Waals surface area contributed by atoms with Crippen molar-refractivity contribution in [3.63, 3.8) is 0 Å². The highest BCUT2D eigenvalue weighted by atomic mass is 32.2. The number of esters is 1. The van der Waals surface area contributed by atoms with Crippen LogP contribution >= 0.6 is 11.8 Å². The van der Waals surface area contributed by atoms with Crippen molar-refractivity contribution in [1.82, 2.24) is 0 Å². The third-order valence-electron chi connectivity index (χ3n) is 2.54. The van der Waals surface area contributed by atoms with Crippen LogP contribution < -0.4 is 0 Å². The van der Waals surface area contributed by atoms with Crippen LogP contribution in [0.1, 0.15) is 12.5 Å². The van der Waals surface area contributed by atoms with Gasteiger partial charge in [-0.15, -0.1) is 11.8 Å². The predicted octanol–water partition coefficient (Wildman–Crippen LogP) is 2.02. The Bertz CT molecular complexity index is 544. The summed E-state index contributed by atoms with van der Waals surface area (Å²) in [6, 6.07) is 5.81. The number of nitro groups is 1. The number of benzene rings is 1. The van der Waals surface area contributed by atoms with Crippen LogP contribution in [0, 0.1) is 10.1 Å². The highest BCUT2D eigenvalue weighted by Crippen LogP contribution is 2.29. The maximum atomic E-state index is 11.6. The molecule has 0 aromatic heterocycles. The standard InChI is InChI=1S/C12H12N2O4S/c1-2-18-12(15)9-7-19-11(13-9)8-5-3-4-6-10(8)14(16)17/h3-6,9H,2,7H2,1H3/t9-/m0/s1. The molecule has 7 heteroatoms. The van der Waals surface area contributed by atoms with Crippen molar-refractivity contribution >= 4 is 28.5 Å². The third kappa shape index (κ3) is 2.93. The molecule has 0 bridgehead atoms. The van der Waals surface area contributed by atoms with E-state index in [1.54, 1.807) is 25.1 Å². The third-order valence-corrected chi connectivity index (χ3v) is 3.62. The molecule has 0 aliphatic carbocycles. The Morgan fingerprint density at radius 3 is 3.00 bits per heavy atom. The van der Waals surface area contributed by atoms with Gasteiger partial charge in [0.15, 0.2) is 6.04 Å². The van der Waals surface area contributed by atoms with Crippen LogP contribution in [-0.2, 0) is 9.53 Å². The van der Waals surface area contributed by atoms with Gasteiger partial charge >= 0.3 is 5.97 Å². The highest BCUT2D eigenvalue weighted by Gasteiger charge is 2.29. The van der Waals surface area contributed by atoms with Gasteiger partial charge in [-0.25, -0.2) is 4.79 Å². The molecule has 0 radical (unpaired) electrons. The molecule has 0 amide bonds. The maximum Gasteiger partial charge on any atom is 0.331 e. The van der Waals surface area contributed by atoms with Gasteiger partial charge in [-0.05, 0) is 13.0 Å². The fraction of sp³-hybridized carbons (Fsp3) is 0.333. The van der Waals surface area contributed by atoms with E-state index in [1.807, 2.05) is 0 Å². The number of nitrogens with zero attached hydrogens (tertiary/aromatic N) is 2. The molecule has 1 aromatic rings. The molecular formula is C12H12N2O4S. The smallest absolute Gasteiger partial charge is 0.331 e. The Kier molecular flexibility index (Phi) is 4.16. The first-order chi connectivity index (χ1) is 9.13. The minimum Gasteiger partial charge on any atom is -0.464 e. The van der Waals surface area contributed by atoms with Crippen molar-refractivity contribution in [1.29, 1.82) is 0 Å². The zero-order valence-electron chi connectivity index (χ0n) is 10.2. The summed E-state index contributed by atoms with van der Waals surface area (Å²) in [5.41, 5.74) is 0.447. The van der Waals surface area contributed by atoms with Gasteiger partial charge in [0.05, 0.1) is 17.1 Å². The molecule has 0 fully saturated rings. The second kappa shape index (κ2) is 5.83. The van der Waals surface area contributed by atoms with E-state index in [-0.39, 0.29) is 11.7 Å². The molecule has 1 aromatic carbocycles. The number of carbonyl (C=O) groups excluding carboxylic acids is 1. The summed E-state index contributed by atoms with van der Waals surface area (Å²) >= 11 is 1.33. The lowest BCUT2D eigenvalue weighted by Crippen LogP contribution is -2.21. The monoisotopic (exact) mass is 280 g/mol. The molecule has 0 N–H and O–H groups in total. The number of rotatable bonds is 4. The van der Waals surface area contributed by atoms with Crippen LogP contribution in [0.5, 0.6) is 0 Å². The zero-order chi connectivity index (χ0) is 13.8. The maximum absolute atomic E-state index is 11.6. The van der Waals surface area contributed by atoms with Crippen molar-refractivity contribution in [2.75, 3.05) is 12.4 Å². The summed E-state index contributed by atoms with van der Waals surface area (Å²) in [4.78, 5) is 26.3. The topological polar surface area (TPSA) is 81.8 Å². The lowest BCUT2D eigenvalue weighted by Gasteiger charge is -2.03. The van der Waals surface area contributed by atoms with E-state index >= 15 is 0 Å². The molecule has 1 atom stereocenters. The van der Waals surface area contributed by atoms with Crippen LogP contribution in [0.25, 0.3) is 0 Å². The molecule has 1 heterocycles. The predicted molar refractivity (Wildman–Crippen MR) is 72.5 cm³/mol. The lowest BCUT2D eigenvalue weighted by molar-refractivity contribution is -0.385. The van der Waals surface area contributed by atoms with Crippen molar-refractivity contribution in [2.24, 2.45) is 4.99 Å². The summed E-state index contributed by atoms with van der Waals surface area (Å²) in [7, 11) is 0. The number of hydrogen-bond acceptors (Lipinski definition) is 6. The SMILES string of the molecule is CCOC(=O)[C@@H]1CSC(c2ccccc2[N+](=O)[O-])=N1. The minimum atomic E-state index is -0.570. The average molecular weight is 280 g/mol. The summed E-state index contributed by atoms with van der Waals surface area (Å²) in [5.74, 6) is 0.0730. The first kappa shape index (κ1) is 13.5.